The Labute approximate surface area is 432 Å². The summed E-state index contributed by atoms with van der Waals surface area (Å²) < 4.78 is 99.1. The molecule has 0 radical (unpaired) electrons. The van der Waals surface area contributed by atoms with Crippen molar-refractivity contribution in [3.05, 3.63) is 24.3 Å². The van der Waals surface area contributed by atoms with Crippen LogP contribution in [0.25, 0.3) is 0 Å². The molecule has 6 bridgehead atoms. The summed E-state index contributed by atoms with van der Waals surface area (Å²) in [6.45, 7) is 16.0. The van der Waals surface area contributed by atoms with Crippen LogP contribution in [0.15, 0.2) is 24.3 Å². The second kappa shape index (κ2) is 18.7. The van der Waals surface area contributed by atoms with E-state index in [4.69, 9.17) is 71.1 Å². The lowest BCUT2D eigenvalue weighted by Crippen LogP contribution is -2.63. The minimum Gasteiger partial charge on any atom is -0.459 e. The summed E-state index contributed by atoms with van der Waals surface area (Å²) in [7, 11) is 0. The number of carbonyl (C=O) groups is 1. The summed E-state index contributed by atoms with van der Waals surface area (Å²) >= 11 is 0. The SMILES string of the molecule is C=C1CC(CC[C@]23OC4C5OC(CC(=O)OC6CC7OC8C[C@@]9(CC%10O[C@@]%11(CCC%10O9)C[C@H](C)C9OC[C@H](O)CC9O%11)O[C@@H]8C[C@@H]7O[C@H]6CC6OCC[C@@H](C)C6=C)CCC5OC5[C@H]4O[C@](O)(C2O)[C@H]5O3)OC1CC. The van der Waals surface area contributed by atoms with Gasteiger partial charge in [0.15, 0.2) is 17.7 Å². The fourth-order valence-corrected chi connectivity index (χ4v) is 16.2. The smallest absolute Gasteiger partial charge is 0.308 e. The fraction of sp³-hybridized carbons (Fsp3) is 0.909. The number of rotatable bonds is 9. The highest BCUT2D eigenvalue weighted by molar-refractivity contribution is 5.70. The maximum Gasteiger partial charge on any atom is 0.308 e. The van der Waals surface area contributed by atoms with Crippen molar-refractivity contribution in [2.75, 3.05) is 13.2 Å². The van der Waals surface area contributed by atoms with Gasteiger partial charge in [0, 0.05) is 64.4 Å². The number of hydrogen-bond donors (Lipinski definition) is 3. The van der Waals surface area contributed by atoms with Crippen LogP contribution in [0.5, 0.6) is 0 Å². The molecule has 16 unspecified atom stereocenters. The standard InChI is InChI=1S/C55H78O19/c1-6-32-26(3)15-31(62-32)9-13-54-51(58)55(59)50(74-54)49-48(73-55)47(72-54)46-34(67-49)8-7-30(63-46)17-44(57)66-39-19-37-38(64-36(39)18-35-28(5)25(2)11-14-60-35)20-40-42(65-37)22-53(69-40)23-43-33(68-53)10-12-52(71-43)21-27(4)45-41(70-52)16-29(56)24-61-45/h25,27,29-43,45-51,56,58-59H,3,5-24H2,1-2,4H3/t25-,27+,29-,30?,31?,32?,33?,34?,35?,36+,37?,38+,39?,40-,41?,42?,43?,45?,46?,47?,48+,49?,50+,51?,52+,53+,54-,55+/m1/s1. The minimum absolute atomic E-state index is 0.0151. The number of aliphatic hydroxyl groups is 3. The van der Waals surface area contributed by atoms with Gasteiger partial charge in [0.1, 0.15) is 36.6 Å². The Balaban J connectivity index is 0.637. The zero-order valence-electron chi connectivity index (χ0n) is 43.1. The first-order valence-corrected chi connectivity index (χ1v) is 28.5. The van der Waals surface area contributed by atoms with Crippen LogP contribution >= 0.6 is 0 Å². The molecule has 0 aromatic carbocycles. The minimum atomic E-state index is -2.01. The third-order valence-electron chi connectivity index (χ3n) is 20.0. The molecule has 15 aliphatic heterocycles. The average molecular weight is 1040 g/mol. The van der Waals surface area contributed by atoms with E-state index in [1.54, 1.807) is 0 Å². The number of fused-ring (bicyclic) bond motifs is 5. The molecule has 15 saturated heterocycles. The van der Waals surface area contributed by atoms with Gasteiger partial charge in [0.05, 0.1) is 105 Å². The maximum absolute atomic E-state index is 14.3. The van der Waals surface area contributed by atoms with Gasteiger partial charge < -0.3 is 86.4 Å². The topological polar surface area (TPSA) is 216 Å². The van der Waals surface area contributed by atoms with E-state index in [9.17, 15) is 20.1 Å². The quantitative estimate of drug-likeness (QED) is 0.221. The van der Waals surface area contributed by atoms with Crippen LogP contribution in [0.1, 0.15) is 130 Å². The summed E-state index contributed by atoms with van der Waals surface area (Å²) in [6, 6.07) is 0. The van der Waals surface area contributed by atoms with Gasteiger partial charge in [0.2, 0.25) is 11.6 Å². The molecule has 74 heavy (non-hydrogen) atoms. The highest BCUT2D eigenvalue weighted by atomic mass is 16.8. The Bertz CT molecular complexity index is 2180. The van der Waals surface area contributed by atoms with Crippen molar-refractivity contribution < 1.29 is 91.2 Å². The van der Waals surface area contributed by atoms with E-state index in [1.165, 1.54) is 0 Å². The largest absolute Gasteiger partial charge is 0.459 e. The van der Waals surface area contributed by atoms with Gasteiger partial charge in [-0.3, -0.25) is 4.79 Å². The van der Waals surface area contributed by atoms with Gasteiger partial charge in [-0.1, -0.05) is 33.9 Å². The molecule has 412 valence electrons. The lowest BCUT2D eigenvalue weighted by molar-refractivity contribution is -0.358. The van der Waals surface area contributed by atoms with Crippen molar-refractivity contribution >= 4 is 5.97 Å². The summed E-state index contributed by atoms with van der Waals surface area (Å²) in [5, 5.41) is 34.0. The van der Waals surface area contributed by atoms with E-state index < -0.39 is 96.3 Å². The van der Waals surface area contributed by atoms with Crippen LogP contribution in [0, 0.1) is 11.8 Å². The molecule has 0 aromatic rings. The molecule has 15 fully saturated rings. The molecule has 0 saturated carbocycles. The monoisotopic (exact) mass is 1040 g/mol. The summed E-state index contributed by atoms with van der Waals surface area (Å²) in [5.41, 5.74) is 2.06. The maximum atomic E-state index is 14.3. The third kappa shape index (κ3) is 8.41. The van der Waals surface area contributed by atoms with Gasteiger partial charge in [-0.2, -0.15) is 0 Å². The Morgan fingerprint density at radius 3 is 2.34 bits per heavy atom. The normalized spacial score (nSPS) is 56.9. The van der Waals surface area contributed by atoms with E-state index in [-0.39, 0.29) is 85.9 Å². The van der Waals surface area contributed by atoms with Crippen LogP contribution in [0.4, 0.5) is 0 Å². The zero-order valence-corrected chi connectivity index (χ0v) is 43.1. The fourth-order valence-electron chi connectivity index (χ4n) is 16.2. The Hall–Kier alpha value is -1.73. The van der Waals surface area contributed by atoms with E-state index in [2.05, 4.69) is 33.9 Å². The first kappa shape index (κ1) is 50.5. The number of hydrogen-bond acceptors (Lipinski definition) is 19. The van der Waals surface area contributed by atoms with Crippen molar-refractivity contribution in [3.8, 4) is 0 Å². The molecule has 3 N–H and O–H groups in total. The Morgan fingerprint density at radius 2 is 1.49 bits per heavy atom. The van der Waals surface area contributed by atoms with Gasteiger partial charge >= 0.3 is 5.97 Å². The summed E-state index contributed by atoms with van der Waals surface area (Å²) in [4.78, 5) is 14.3. The van der Waals surface area contributed by atoms with Crippen molar-refractivity contribution in [2.45, 2.75) is 287 Å². The predicted octanol–water partition coefficient (Wildman–Crippen LogP) is 3.86. The molecule has 15 rings (SSSR count). The lowest BCUT2D eigenvalue weighted by Gasteiger charge is -2.52. The Morgan fingerprint density at radius 1 is 0.689 bits per heavy atom. The van der Waals surface area contributed by atoms with Crippen LogP contribution in [-0.2, 0) is 75.8 Å². The molecular formula is C55H78O19. The van der Waals surface area contributed by atoms with Crippen molar-refractivity contribution in [1.29, 1.82) is 0 Å². The molecule has 28 atom stereocenters. The predicted molar refractivity (Wildman–Crippen MR) is 253 cm³/mol. The highest BCUT2D eigenvalue weighted by Gasteiger charge is 2.79. The molecular weight excluding hydrogens is 965 g/mol. The first-order valence-electron chi connectivity index (χ1n) is 28.5. The molecule has 0 aromatic heterocycles. The third-order valence-corrected chi connectivity index (χ3v) is 20.0. The lowest BCUT2D eigenvalue weighted by atomic mass is 9.81. The highest BCUT2D eigenvalue weighted by Crippen LogP contribution is 2.59. The van der Waals surface area contributed by atoms with Crippen LogP contribution in [0.3, 0.4) is 0 Å². The van der Waals surface area contributed by atoms with E-state index in [0.717, 1.165) is 36.8 Å². The van der Waals surface area contributed by atoms with Crippen LogP contribution < -0.4 is 0 Å². The first-order chi connectivity index (χ1) is 35.6. The van der Waals surface area contributed by atoms with Crippen LogP contribution in [0.2, 0.25) is 0 Å². The number of ether oxygens (including phenoxy) is 15. The molecule has 15 heterocycles. The van der Waals surface area contributed by atoms with Crippen molar-refractivity contribution in [1.82, 2.24) is 0 Å². The molecule has 19 nitrogen and oxygen atoms in total. The van der Waals surface area contributed by atoms with Gasteiger partial charge in [-0.15, -0.1) is 0 Å². The van der Waals surface area contributed by atoms with Crippen molar-refractivity contribution in [3.63, 3.8) is 0 Å². The number of aliphatic hydroxyl groups excluding tert-OH is 2. The molecule has 2 spiro atoms. The summed E-state index contributed by atoms with van der Waals surface area (Å²) in [6.07, 6.45) is -0.356. The van der Waals surface area contributed by atoms with E-state index in [0.29, 0.717) is 89.8 Å². The number of esters is 1. The average Bonchev–Trinajstić information content (AvgIpc) is 4.11. The Kier molecular flexibility index (Phi) is 12.7. The number of carbonyl (C=O) groups excluding carboxylic acids is 1. The van der Waals surface area contributed by atoms with Crippen molar-refractivity contribution in [2.24, 2.45) is 11.8 Å². The van der Waals surface area contributed by atoms with E-state index >= 15 is 0 Å². The summed E-state index contributed by atoms with van der Waals surface area (Å²) in [5.74, 6) is -5.10. The van der Waals surface area contributed by atoms with Gasteiger partial charge in [-0.05, 0) is 67.9 Å². The van der Waals surface area contributed by atoms with Crippen LogP contribution in [-0.4, -0.2) is 192 Å². The van der Waals surface area contributed by atoms with E-state index in [1.807, 2.05) is 0 Å². The molecule has 0 amide bonds. The second-order valence-electron chi connectivity index (χ2n) is 24.9. The molecule has 0 aliphatic carbocycles. The molecule has 15 aliphatic rings. The van der Waals surface area contributed by atoms with Gasteiger partial charge in [0.25, 0.3) is 0 Å². The zero-order chi connectivity index (χ0) is 50.6. The second-order valence-corrected chi connectivity index (χ2v) is 24.9. The van der Waals surface area contributed by atoms with Gasteiger partial charge in [-0.25, -0.2) is 0 Å². The molecule has 19 heteroatoms.